The molecule has 0 bridgehead atoms. The molecule has 0 radical (unpaired) electrons. The van der Waals surface area contributed by atoms with Crippen molar-refractivity contribution in [3.8, 4) is 5.75 Å². The van der Waals surface area contributed by atoms with Crippen LogP contribution in [-0.2, 0) is 6.54 Å². The molecule has 0 heterocycles. The largest absolute Gasteiger partial charge is 0.493 e. The first-order valence-electron chi connectivity index (χ1n) is 5.53. The van der Waals surface area contributed by atoms with Gasteiger partial charge in [-0.05, 0) is 24.8 Å². The Bertz CT molecular complexity index is 382. The fraction of sp³-hybridized carbons (Fsp3) is 0.500. The number of hydrogen-bond acceptors (Lipinski definition) is 3. The molecule has 0 fully saturated rings. The van der Waals surface area contributed by atoms with Crippen LogP contribution in [0.5, 0.6) is 5.75 Å². The molecular formula is C12H16F3NOS. The summed E-state index contributed by atoms with van der Waals surface area (Å²) in [5.74, 6) is 0.575. The van der Waals surface area contributed by atoms with Gasteiger partial charge in [0.1, 0.15) is 5.75 Å². The predicted molar refractivity (Wildman–Crippen MR) is 66.9 cm³/mol. The summed E-state index contributed by atoms with van der Waals surface area (Å²) >= 11 is 1.54. The normalized spacial score (nSPS) is 11.6. The highest BCUT2D eigenvalue weighted by atomic mass is 32.2. The third-order valence-corrected chi connectivity index (χ3v) is 3.20. The first-order valence-corrected chi connectivity index (χ1v) is 6.76. The van der Waals surface area contributed by atoms with Crippen molar-refractivity contribution in [1.29, 1.82) is 0 Å². The van der Waals surface area contributed by atoms with Gasteiger partial charge in [0.05, 0.1) is 6.61 Å². The average Bonchev–Trinajstić information content (AvgIpc) is 2.32. The van der Waals surface area contributed by atoms with Gasteiger partial charge in [-0.25, -0.2) is 0 Å². The Hall–Kier alpha value is -0.880. The number of benzene rings is 1. The van der Waals surface area contributed by atoms with Crippen molar-refractivity contribution in [3.63, 3.8) is 0 Å². The Balaban J connectivity index is 2.57. The number of rotatable bonds is 6. The third-order valence-electron chi connectivity index (χ3n) is 2.38. The van der Waals surface area contributed by atoms with E-state index in [0.717, 1.165) is 10.5 Å². The molecule has 0 atom stereocenters. The van der Waals surface area contributed by atoms with Gasteiger partial charge in [0.15, 0.2) is 0 Å². The molecule has 1 aromatic carbocycles. The highest BCUT2D eigenvalue weighted by Gasteiger charge is 2.26. The summed E-state index contributed by atoms with van der Waals surface area (Å²) in [4.78, 5) is 0.992. The zero-order valence-corrected chi connectivity index (χ0v) is 10.9. The Labute approximate surface area is 109 Å². The molecule has 0 unspecified atom stereocenters. The highest BCUT2D eigenvalue weighted by molar-refractivity contribution is 7.98. The summed E-state index contributed by atoms with van der Waals surface area (Å²) < 4.78 is 41.3. The number of alkyl halides is 3. The average molecular weight is 279 g/mol. The molecule has 0 amide bonds. The topological polar surface area (TPSA) is 35.2 Å². The standard InChI is InChI=1S/C12H16F3NOS/c1-18-11-5-2-4-10(9(11)8-16)17-7-3-6-12(13,14)15/h2,4-5H,3,6-8,16H2,1H3. The maximum absolute atomic E-state index is 12.0. The molecule has 0 saturated heterocycles. The predicted octanol–water partition coefficient (Wildman–Crippen LogP) is 3.59. The van der Waals surface area contributed by atoms with Crippen LogP contribution in [0.15, 0.2) is 23.1 Å². The lowest BCUT2D eigenvalue weighted by molar-refractivity contribution is -0.136. The van der Waals surface area contributed by atoms with Gasteiger partial charge >= 0.3 is 6.18 Å². The van der Waals surface area contributed by atoms with Gasteiger partial charge in [-0.1, -0.05) is 6.07 Å². The second-order valence-electron chi connectivity index (χ2n) is 3.71. The summed E-state index contributed by atoms with van der Waals surface area (Å²) in [6.07, 6.45) is -3.08. The van der Waals surface area contributed by atoms with E-state index in [1.807, 2.05) is 18.4 Å². The van der Waals surface area contributed by atoms with Crippen LogP contribution in [-0.4, -0.2) is 19.0 Å². The molecule has 18 heavy (non-hydrogen) atoms. The van der Waals surface area contributed by atoms with E-state index in [1.54, 1.807) is 6.07 Å². The lowest BCUT2D eigenvalue weighted by Gasteiger charge is -2.13. The van der Waals surface area contributed by atoms with E-state index in [-0.39, 0.29) is 13.0 Å². The summed E-state index contributed by atoms with van der Waals surface area (Å²) in [7, 11) is 0. The third kappa shape index (κ3) is 4.78. The van der Waals surface area contributed by atoms with Crippen LogP contribution in [0.4, 0.5) is 13.2 Å². The van der Waals surface area contributed by atoms with Crippen LogP contribution in [0.2, 0.25) is 0 Å². The Morgan fingerprint density at radius 1 is 1.33 bits per heavy atom. The molecule has 0 aliphatic heterocycles. The van der Waals surface area contributed by atoms with Crippen molar-refractivity contribution in [2.45, 2.75) is 30.5 Å². The van der Waals surface area contributed by atoms with E-state index in [9.17, 15) is 13.2 Å². The van der Waals surface area contributed by atoms with E-state index < -0.39 is 12.6 Å². The van der Waals surface area contributed by atoms with E-state index in [0.29, 0.717) is 12.3 Å². The fourth-order valence-electron chi connectivity index (χ4n) is 1.53. The second-order valence-corrected chi connectivity index (χ2v) is 4.56. The van der Waals surface area contributed by atoms with Crippen LogP contribution in [0.25, 0.3) is 0 Å². The summed E-state index contributed by atoms with van der Waals surface area (Å²) in [6, 6.07) is 5.45. The van der Waals surface area contributed by atoms with Gasteiger partial charge in [-0.3, -0.25) is 0 Å². The Kier molecular flexibility index (Phi) is 5.81. The summed E-state index contributed by atoms with van der Waals surface area (Å²) in [5, 5.41) is 0. The molecule has 0 aliphatic rings. The van der Waals surface area contributed by atoms with Crippen molar-refractivity contribution < 1.29 is 17.9 Å². The molecule has 2 nitrogen and oxygen atoms in total. The molecule has 102 valence electrons. The Morgan fingerprint density at radius 3 is 2.61 bits per heavy atom. The minimum absolute atomic E-state index is 0.0446. The van der Waals surface area contributed by atoms with Crippen LogP contribution in [0.3, 0.4) is 0 Å². The van der Waals surface area contributed by atoms with Gasteiger partial charge in [0.2, 0.25) is 0 Å². The smallest absolute Gasteiger partial charge is 0.389 e. The molecule has 0 aromatic heterocycles. The monoisotopic (exact) mass is 279 g/mol. The highest BCUT2D eigenvalue weighted by Crippen LogP contribution is 2.29. The van der Waals surface area contributed by atoms with Crippen molar-refractivity contribution in [2.24, 2.45) is 5.73 Å². The first kappa shape index (κ1) is 15.2. The lowest BCUT2D eigenvalue weighted by atomic mass is 10.2. The number of halogens is 3. The number of nitrogens with two attached hydrogens (primary N) is 1. The van der Waals surface area contributed by atoms with Crippen molar-refractivity contribution >= 4 is 11.8 Å². The van der Waals surface area contributed by atoms with Gasteiger partial charge in [-0.15, -0.1) is 11.8 Å². The van der Waals surface area contributed by atoms with Crippen LogP contribution < -0.4 is 10.5 Å². The van der Waals surface area contributed by atoms with E-state index in [2.05, 4.69) is 0 Å². The van der Waals surface area contributed by atoms with Gasteiger partial charge in [-0.2, -0.15) is 13.2 Å². The van der Waals surface area contributed by atoms with Crippen LogP contribution in [0.1, 0.15) is 18.4 Å². The first-order chi connectivity index (χ1) is 8.48. The number of thioether (sulfide) groups is 1. The van der Waals surface area contributed by atoms with E-state index in [4.69, 9.17) is 10.5 Å². The zero-order chi connectivity index (χ0) is 13.6. The van der Waals surface area contributed by atoms with Crippen molar-refractivity contribution in [2.75, 3.05) is 12.9 Å². The number of hydrogen-bond donors (Lipinski definition) is 1. The quantitative estimate of drug-likeness (QED) is 0.638. The molecule has 0 saturated carbocycles. The van der Waals surface area contributed by atoms with E-state index in [1.165, 1.54) is 11.8 Å². The number of ether oxygens (including phenoxy) is 1. The van der Waals surface area contributed by atoms with Gasteiger partial charge in [0.25, 0.3) is 0 Å². The van der Waals surface area contributed by atoms with Crippen molar-refractivity contribution in [3.05, 3.63) is 23.8 Å². The molecule has 6 heteroatoms. The molecule has 0 spiro atoms. The molecule has 1 aromatic rings. The van der Waals surface area contributed by atoms with Gasteiger partial charge < -0.3 is 10.5 Å². The van der Waals surface area contributed by atoms with Crippen molar-refractivity contribution in [1.82, 2.24) is 0 Å². The summed E-state index contributed by atoms with van der Waals surface area (Å²) in [6.45, 7) is 0.357. The molecule has 1 rings (SSSR count). The van der Waals surface area contributed by atoms with Crippen LogP contribution >= 0.6 is 11.8 Å². The SMILES string of the molecule is CSc1cccc(OCCCC(F)(F)F)c1CN. The second kappa shape index (κ2) is 6.89. The van der Waals surface area contributed by atoms with Gasteiger partial charge in [0, 0.05) is 23.4 Å². The maximum Gasteiger partial charge on any atom is 0.389 e. The zero-order valence-electron chi connectivity index (χ0n) is 10.1. The van der Waals surface area contributed by atoms with Crippen LogP contribution in [0, 0.1) is 0 Å². The minimum Gasteiger partial charge on any atom is -0.493 e. The lowest BCUT2D eigenvalue weighted by Crippen LogP contribution is -2.11. The fourth-order valence-corrected chi connectivity index (χ4v) is 2.17. The molecular weight excluding hydrogens is 263 g/mol. The molecule has 0 aliphatic carbocycles. The maximum atomic E-state index is 12.0. The molecule has 2 N–H and O–H groups in total. The Morgan fingerprint density at radius 2 is 2.06 bits per heavy atom. The minimum atomic E-state index is -4.12. The summed E-state index contributed by atoms with van der Waals surface area (Å²) in [5.41, 5.74) is 6.47. The van der Waals surface area contributed by atoms with E-state index >= 15 is 0 Å².